The lowest BCUT2D eigenvalue weighted by atomic mass is 10.1. The molecule has 2 N–H and O–H groups in total. The second-order valence-corrected chi connectivity index (χ2v) is 11.2. The standard InChI is InChI=1S/C23H17ClN4O5S2/c1-28-19(20(29)21-17(35(28,31)32)11-18(24)34-21)23(30)27-22-16(5-3-9-26-22)33-12-13-6-7-15-14(10-13)4-2-8-25-15/h2-11,29H,12H2,1H3,(H,26,27,30). The molecule has 0 unspecified atom stereocenters. The van der Waals surface area contributed by atoms with Crippen LogP contribution in [-0.2, 0) is 21.4 Å². The van der Waals surface area contributed by atoms with E-state index in [2.05, 4.69) is 15.3 Å². The zero-order chi connectivity index (χ0) is 24.7. The molecule has 0 spiro atoms. The van der Waals surface area contributed by atoms with E-state index in [1.165, 1.54) is 19.3 Å². The molecule has 0 aliphatic carbocycles. The number of pyridine rings is 2. The summed E-state index contributed by atoms with van der Waals surface area (Å²) in [4.78, 5) is 21.4. The number of nitrogens with one attached hydrogen (secondary N) is 1. The molecule has 0 fully saturated rings. The van der Waals surface area contributed by atoms with Gasteiger partial charge in [-0.3, -0.25) is 14.1 Å². The number of benzene rings is 1. The van der Waals surface area contributed by atoms with Crippen molar-refractivity contribution in [3.8, 4) is 5.75 Å². The van der Waals surface area contributed by atoms with Crippen LogP contribution in [0.3, 0.4) is 0 Å². The molecule has 1 aromatic carbocycles. The van der Waals surface area contributed by atoms with Crippen LogP contribution in [0.15, 0.2) is 71.5 Å². The van der Waals surface area contributed by atoms with Crippen molar-refractivity contribution in [2.45, 2.75) is 11.5 Å². The van der Waals surface area contributed by atoms with E-state index in [-0.39, 0.29) is 32.3 Å². The first-order valence-corrected chi connectivity index (χ1v) is 12.8. The fraction of sp³-hybridized carbons (Fsp3) is 0.0870. The van der Waals surface area contributed by atoms with Crippen LogP contribution in [0.1, 0.15) is 10.4 Å². The Balaban J connectivity index is 1.40. The van der Waals surface area contributed by atoms with Crippen molar-refractivity contribution < 1.29 is 23.1 Å². The molecule has 9 nitrogen and oxygen atoms in total. The van der Waals surface area contributed by atoms with Gasteiger partial charge in [-0.1, -0.05) is 23.7 Å². The number of amides is 1. The van der Waals surface area contributed by atoms with E-state index in [0.717, 1.165) is 32.1 Å². The van der Waals surface area contributed by atoms with Crippen molar-refractivity contribution in [1.82, 2.24) is 14.3 Å². The minimum Gasteiger partial charge on any atom is -0.504 e. The number of thiophene rings is 1. The second-order valence-electron chi connectivity index (χ2n) is 7.54. The van der Waals surface area contributed by atoms with E-state index >= 15 is 0 Å². The fourth-order valence-corrected chi connectivity index (χ4v) is 6.57. The number of aromatic nitrogens is 2. The maximum absolute atomic E-state index is 13.1. The van der Waals surface area contributed by atoms with Gasteiger partial charge in [-0.2, -0.15) is 0 Å². The first-order valence-electron chi connectivity index (χ1n) is 10.2. The van der Waals surface area contributed by atoms with Gasteiger partial charge in [0.25, 0.3) is 15.9 Å². The Morgan fingerprint density at radius 2 is 1.94 bits per heavy atom. The summed E-state index contributed by atoms with van der Waals surface area (Å²) in [6.45, 7) is 0.193. The van der Waals surface area contributed by atoms with E-state index in [1.807, 2.05) is 30.3 Å². The van der Waals surface area contributed by atoms with Gasteiger partial charge in [-0.15, -0.1) is 11.3 Å². The lowest BCUT2D eigenvalue weighted by molar-refractivity contribution is -0.113. The molecule has 0 atom stereocenters. The van der Waals surface area contributed by atoms with Crippen LogP contribution in [0.2, 0.25) is 4.34 Å². The summed E-state index contributed by atoms with van der Waals surface area (Å²) in [5.41, 5.74) is 1.29. The van der Waals surface area contributed by atoms with E-state index in [0.29, 0.717) is 0 Å². The highest BCUT2D eigenvalue weighted by Crippen LogP contribution is 2.42. The lowest BCUT2D eigenvalue weighted by Crippen LogP contribution is -2.36. The minimum atomic E-state index is -4.07. The quantitative estimate of drug-likeness (QED) is 0.393. The highest BCUT2D eigenvalue weighted by atomic mass is 35.5. The smallest absolute Gasteiger partial charge is 0.278 e. The second kappa shape index (κ2) is 8.84. The maximum Gasteiger partial charge on any atom is 0.278 e. The number of halogens is 1. The third-order valence-electron chi connectivity index (χ3n) is 5.34. The number of hydrogen-bond donors (Lipinski definition) is 2. The van der Waals surface area contributed by atoms with Crippen LogP contribution in [0.5, 0.6) is 5.75 Å². The van der Waals surface area contributed by atoms with Gasteiger partial charge in [0, 0.05) is 24.8 Å². The molecule has 0 bridgehead atoms. The third-order valence-corrected chi connectivity index (χ3v) is 8.52. The van der Waals surface area contributed by atoms with Gasteiger partial charge < -0.3 is 15.2 Å². The van der Waals surface area contributed by atoms with Crippen molar-refractivity contribution in [3.63, 3.8) is 0 Å². The number of sulfonamides is 1. The van der Waals surface area contributed by atoms with Crippen LogP contribution >= 0.6 is 22.9 Å². The van der Waals surface area contributed by atoms with Crippen LogP contribution < -0.4 is 10.1 Å². The number of rotatable bonds is 5. The molecule has 35 heavy (non-hydrogen) atoms. The van der Waals surface area contributed by atoms with Crippen LogP contribution in [-0.4, -0.2) is 40.8 Å². The summed E-state index contributed by atoms with van der Waals surface area (Å²) in [5.74, 6) is -1.02. The summed E-state index contributed by atoms with van der Waals surface area (Å²) in [7, 11) is -2.89. The van der Waals surface area contributed by atoms with Gasteiger partial charge in [0.15, 0.2) is 23.0 Å². The van der Waals surface area contributed by atoms with Gasteiger partial charge >= 0.3 is 0 Å². The van der Waals surface area contributed by atoms with Gasteiger partial charge in [-0.25, -0.2) is 13.4 Å². The number of carbonyl (C=O) groups is 1. The highest BCUT2D eigenvalue weighted by molar-refractivity contribution is 7.89. The Hall–Kier alpha value is -3.67. The minimum absolute atomic E-state index is 0.00142. The zero-order valence-corrected chi connectivity index (χ0v) is 20.5. The van der Waals surface area contributed by atoms with E-state index in [4.69, 9.17) is 16.3 Å². The van der Waals surface area contributed by atoms with Crippen molar-refractivity contribution in [2.24, 2.45) is 0 Å². The van der Waals surface area contributed by atoms with Gasteiger partial charge in [-0.05, 0) is 42.0 Å². The molecule has 0 saturated carbocycles. The average molecular weight is 529 g/mol. The lowest BCUT2D eigenvalue weighted by Gasteiger charge is -2.26. The number of fused-ring (bicyclic) bond motifs is 2. The van der Waals surface area contributed by atoms with E-state index in [9.17, 15) is 18.3 Å². The molecule has 0 saturated heterocycles. The molecule has 3 aromatic heterocycles. The number of aliphatic hydroxyl groups is 1. The maximum atomic E-state index is 13.1. The van der Waals surface area contributed by atoms with Crippen molar-refractivity contribution in [3.05, 3.63) is 81.4 Å². The monoisotopic (exact) mass is 528 g/mol. The molecular weight excluding hydrogens is 512 g/mol. The predicted octanol–water partition coefficient (Wildman–Crippen LogP) is 4.42. The van der Waals surface area contributed by atoms with E-state index in [1.54, 1.807) is 18.3 Å². The third kappa shape index (κ3) is 4.18. The molecule has 1 amide bonds. The molecule has 178 valence electrons. The Morgan fingerprint density at radius 1 is 1.17 bits per heavy atom. The van der Waals surface area contributed by atoms with Crippen molar-refractivity contribution in [1.29, 1.82) is 0 Å². The average Bonchev–Trinajstić information content (AvgIpc) is 3.25. The SMILES string of the molecule is CN1C(C(=O)Nc2ncccc2OCc2ccc3ncccc3c2)=C(O)c2sc(Cl)cc2S1(=O)=O. The summed E-state index contributed by atoms with van der Waals surface area (Å²) < 4.78 is 32.5. The number of nitrogens with zero attached hydrogens (tertiary/aromatic N) is 3. The predicted molar refractivity (Wildman–Crippen MR) is 133 cm³/mol. The molecule has 0 radical (unpaired) electrons. The first kappa shape index (κ1) is 23.1. The molecule has 4 heterocycles. The molecule has 1 aliphatic rings. The van der Waals surface area contributed by atoms with Crippen LogP contribution in [0.4, 0.5) is 5.82 Å². The molecule has 12 heteroatoms. The largest absolute Gasteiger partial charge is 0.504 e. The summed E-state index contributed by atoms with van der Waals surface area (Å²) >= 11 is 6.82. The first-order chi connectivity index (χ1) is 16.8. The molecule has 5 rings (SSSR count). The number of anilines is 1. The normalized spacial score (nSPS) is 14.6. The fourth-order valence-electron chi connectivity index (χ4n) is 3.62. The Kier molecular flexibility index (Phi) is 5.83. The zero-order valence-electron chi connectivity index (χ0n) is 18.1. The summed E-state index contributed by atoms with van der Waals surface area (Å²) in [6.07, 6.45) is 3.18. The number of hydrogen-bond acceptors (Lipinski definition) is 8. The summed E-state index contributed by atoms with van der Waals surface area (Å²) in [6, 6.07) is 14.0. The highest BCUT2D eigenvalue weighted by Gasteiger charge is 2.40. The Bertz CT molecular complexity index is 1620. The van der Waals surface area contributed by atoms with E-state index < -0.39 is 27.4 Å². The number of ether oxygens (including phenoxy) is 1. The summed E-state index contributed by atoms with van der Waals surface area (Å²) in [5, 5.41) is 14.2. The van der Waals surface area contributed by atoms with Crippen LogP contribution in [0.25, 0.3) is 16.7 Å². The number of aliphatic hydroxyl groups excluding tert-OH is 1. The van der Waals surface area contributed by atoms with Crippen molar-refractivity contribution >= 4 is 61.3 Å². The van der Waals surface area contributed by atoms with Crippen molar-refractivity contribution in [2.75, 3.05) is 12.4 Å². The molecule has 1 aliphatic heterocycles. The number of likely N-dealkylation sites (N-methyl/N-ethyl adjacent to an activating group) is 1. The van der Waals surface area contributed by atoms with Gasteiger partial charge in [0.2, 0.25) is 0 Å². The molecular formula is C23H17ClN4O5S2. The molecule has 4 aromatic rings. The van der Waals surface area contributed by atoms with Gasteiger partial charge in [0.1, 0.15) is 11.5 Å². The topological polar surface area (TPSA) is 122 Å². The van der Waals surface area contributed by atoms with Gasteiger partial charge in [0.05, 0.1) is 14.7 Å². The number of carbonyl (C=O) groups excluding carboxylic acids is 1. The van der Waals surface area contributed by atoms with Crippen LogP contribution in [0, 0.1) is 0 Å². The Labute approximate surface area is 209 Å². The Morgan fingerprint density at radius 3 is 2.77 bits per heavy atom.